The molecule has 0 unspecified atom stereocenters. The van der Waals surface area contributed by atoms with E-state index in [1.807, 2.05) is 0 Å². The molecule has 0 fully saturated rings. The Morgan fingerprint density at radius 1 is 1.27 bits per heavy atom. The summed E-state index contributed by atoms with van der Waals surface area (Å²) in [6, 6.07) is 0. The Labute approximate surface area is 95.0 Å². The number of carboxylic acid groups (broad SMARTS) is 1. The van der Waals surface area contributed by atoms with Crippen LogP contribution in [0.2, 0.25) is 0 Å². The van der Waals surface area contributed by atoms with E-state index in [9.17, 15) is 9.59 Å². The Kier molecular flexibility index (Phi) is 9.73. The number of nitrogens with zero attached hydrogens (tertiary/aromatic N) is 1. The van der Waals surface area contributed by atoms with Crippen LogP contribution in [0, 0.1) is 0 Å². The Hall–Kier alpha value is -1.45. The summed E-state index contributed by atoms with van der Waals surface area (Å²) in [5, 5.41) is 3.40. The molecule has 0 aromatic carbocycles. The Morgan fingerprint density at radius 2 is 1.67 bits per heavy atom. The first-order chi connectivity index (χ1) is 6.73. The van der Waals surface area contributed by atoms with Gasteiger partial charge in [0.05, 0.1) is 0 Å². The first-order valence-electron chi connectivity index (χ1n) is 3.92. The zero-order chi connectivity index (χ0) is 12.6. The van der Waals surface area contributed by atoms with Crippen LogP contribution in [0.25, 0.3) is 1.43 Å². The minimum atomic E-state index is -0.903. The lowest BCUT2D eigenvalue weighted by Gasteiger charge is -2.08. The van der Waals surface area contributed by atoms with Gasteiger partial charge in [-0.15, -0.1) is 6.58 Å². The predicted molar refractivity (Wildman–Crippen MR) is 62.8 cm³/mol. The molecular formula is C9H15B2NO3. The highest BCUT2D eigenvalue weighted by Crippen LogP contribution is 1.86. The van der Waals surface area contributed by atoms with Gasteiger partial charge in [-0.3, -0.25) is 4.79 Å². The van der Waals surface area contributed by atoms with E-state index in [0.717, 1.165) is 0 Å². The second kappa shape index (κ2) is 9.12. The SMILES string of the molecule is C.[2H]OC(=O)C([B])=C.[B]C(=C)C(=O)N(C)C. The molecule has 0 aliphatic rings. The molecule has 0 aromatic heterocycles. The summed E-state index contributed by atoms with van der Waals surface area (Å²) in [6.07, 6.45) is 0. The summed E-state index contributed by atoms with van der Waals surface area (Å²) in [5.41, 5.74) is -0.176. The summed E-state index contributed by atoms with van der Waals surface area (Å²) in [4.78, 5) is 21.8. The van der Waals surface area contributed by atoms with Crippen molar-refractivity contribution in [3.05, 3.63) is 24.1 Å². The quantitative estimate of drug-likeness (QED) is 0.518. The molecule has 0 aliphatic heterocycles. The van der Waals surface area contributed by atoms with Gasteiger partial charge in [-0.25, -0.2) is 4.79 Å². The highest BCUT2D eigenvalue weighted by Gasteiger charge is 2.00. The van der Waals surface area contributed by atoms with Crippen molar-refractivity contribution in [1.29, 1.82) is 1.43 Å². The number of aliphatic carboxylic acids is 1. The molecule has 15 heavy (non-hydrogen) atoms. The van der Waals surface area contributed by atoms with Gasteiger partial charge in [0.2, 0.25) is 5.91 Å². The van der Waals surface area contributed by atoms with E-state index in [0.29, 0.717) is 0 Å². The van der Waals surface area contributed by atoms with E-state index >= 15 is 0 Å². The van der Waals surface area contributed by atoms with Crippen LogP contribution in [0.4, 0.5) is 0 Å². The molecule has 0 aliphatic carbocycles. The van der Waals surface area contributed by atoms with E-state index in [1.54, 1.807) is 14.1 Å². The number of hydrogen-bond donors (Lipinski definition) is 1. The number of amides is 1. The van der Waals surface area contributed by atoms with Crippen molar-refractivity contribution in [2.24, 2.45) is 0 Å². The first-order valence-corrected chi connectivity index (χ1v) is 3.51. The van der Waals surface area contributed by atoms with Gasteiger partial charge in [0, 0.05) is 14.1 Å². The summed E-state index contributed by atoms with van der Waals surface area (Å²) < 4.78 is 5.95. The molecular weight excluding hydrogens is 192 g/mol. The lowest BCUT2D eigenvalue weighted by molar-refractivity contribution is -0.131. The number of carbonyl (C=O) groups excluding carboxylic acids is 1. The largest absolute Gasteiger partial charge is 0.479 e. The monoisotopic (exact) mass is 208 g/mol. The Balaban J connectivity index is -0.000000200. The highest BCUT2D eigenvalue weighted by molar-refractivity contribution is 6.35. The second-order valence-electron chi connectivity index (χ2n) is 2.54. The topological polar surface area (TPSA) is 57.6 Å². The summed E-state index contributed by atoms with van der Waals surface area (Å²) in [5.74, 6) is -1.13. The average Bonchev–Trinajstić information content (AvgIpc) is 2.15. The first kappa shape index (κ1) is 16.0. The molecule has 0 atom stereocenters. The van der Waals surface area contributed by atoms with Gasteiger partial charge < -0.3 is 10.0 Å². The lowest BCUT2D eigenvalue weighted by Crippen LogP contribution is -2.22. The van der Waals surface area contributed by atoms with Crippen molar-refractivity contribution < 1.29 is 14.7 Å². The molecule has 0 saturated carbocycles. The molecule has 0 rings (SSSR count). The van der Waals surface area contributed by atoms with Crippen molar-refractivity contribution in [3.63, 3.8) is 0 Å². The van der Waals surface area contributed by atoms with Crippen LogP contribution in [-0.4, -0.2) is 51.7 Å². The van der Waals surface area contributed by atoms with Crippen molar-refractivity contribution >= 4 is 27.6 Å². The molecule has 0 saturated heterocycles. The normalized spacial score (nSPS) is 8.00. The molecule has 0 bridgehead atoms. The standard InChI is InChI=1S/C5H8BNO.C3H3BO2.CH4/c1-4(6)5(8)7(2)3;1-2(4)3(5)6;/h1H2,2-3H3;1H2,(H,5,6);1H4/i/hD. The molecule has 0 aromatic rings. The molecule has 4 radical (unpaired) electrons. The van der Waals surface area contributed by atoms with Gasteiger partial charge >= 0.3 is 5.97 Å². The van der Waals surface area contributed by atoms with Crippen molar-refractivity contribution in [2.45, 2.75) is 7.43 Å². The number of carbonyl (C=O) groups is 2. The summed E-state index contributed by atoms with van der Waals surface area (Å²) in [6.45, 7) is 6.27. The fourth-order valence-electron chi connectivity index (χ4n) is 0.287. The van der Waals surface area contributed by atoms with Crippen LogP contribution in [0.5, 0.6) is 0 Å². The molecule has 80 valence electrons. The molecule has 1 N–H and O–H groups in total. The van der Waals surface area contributed by atoms with Gasteiger partial charge in [0.15, 0.2) is 0 Å². The van der Waals surface area contributed by atoms with Gasteiger partial charge in [0.1, 0.15) is 15.7 Å². The molecule has 0 spiro atoms. The van der Waals surface area contributed by atoms with Crippen LogP contribution in [0.15, 0.2) is 24.1 Å². The predicted octanol–water partition coefficient (Wildman–Crippen LogP) is 0.146. The lowest BCUT2D eigenvalue weighted by atomic mass is 9.97. The maximum atomic E-state index is 10.5. The van der Waals surface area contributed by atoms with Crippen LogP contribution in [-0.2, 0) is 9.59 Å². The zero-order valence-electron chi connectivity index (χ0n) is 9.24. The van der Waals surface area contributed by atoms with E-state index in [4.69, 9.17) is 17.1 Å². The van der Waals surface area contributed by atoms with E-state index in [2.05, 4.69) is 18.3 Å². The fourth-order valence-corrected chi connectivity index (χ4v) is 0.287. The van der Waals surface area contributed by atoms with Crippen LogP contribution in [0.3, 0.4) is 0 Å². The third kappa shape index (κ3) is 12.5. The Morgan fingerprint density at radius 3 is 1.67 bits per heavy atom. The summed E-state index contributed by atoms with van der Waals surface area (Å²) >= 11 is 0. The molecule has 4 nitrogen and oxygen atoms in total. The summed E-state index contributed by atoms with van der Waals surface area (Å²) in [7, 11) is 13.1. The van der Waals surface area contributed by atoms with Gasteiger partial charge in [0.25, 0.3) is 1.43 Å². The number of hydrogen-bond acceptors (Lipinski definition) is 3. The van der Waals surface area contributed by atoms with Crippen molar-refractivity contribution in [1.82, 2.24) is 4.90 Å². The molecule has 6 heteroatoms. The average molecular weight is 208 g/mol. The maximum absolute atomic E-state index is 10.5. The van der Waals surface area contributed by atoms with Crippen LogP contribution >= 0.6 is 0 Å². The van der Waals surface area contributed by atoms with E-state index in [-0.39, 0.29) is 24.3 Å². The van der Waals surface area contributed by atoms with Gasteiger partial charge in [-0.05, 0) is 10.9 Å². The van der Waals surface area contributed by atoms with Crippen LogP contribution in [0.1, 0.15) is 7.43 Å². The zero-order valence-corrected chi connectivity index (χ0v) is 8.24. The molecule has 0 heterocycles. The number of likely N-dealkylation sites (N-methyl/N-ethyl adjacent to an activating group) is 1. The Bertz CT molecular complexity index is 280. The van der Waals surface area contributed by atoms with Crippen LogP contribution < -0.4 is 0 Å². The number of rotatable bonds is 2. The molecule has 1 amide bonds. The number of carboxylic acids is 1. The smallest absolute Gasteiger partial charge is 0.320 e. The highest BCUT2D eigenvalue weighted by atomic mass is 16.4. The maximum Gasteiger partial charge on any atom is 0.320 e. The van der Waals surface area contributed by atoms with Gasteiger partial charge in [-0.1, -0.05) is 14.0 Å². The van der Waals surface area contributed by atoms with Crippen molar-refractivity contribution in [3.8, 4) is 0 Å². The minimum Gasteiger partial charge on any atom is -0.479 e. The third-order valence-corrected chi connectivity index (χ3v) is 0.943. The van der Waals surface area contributed by atoms with Gasteiger partial charge in [-0.2, -0.15) is 0 Å². The van der Waals surface area contributed by atoms with Crippen molar-refractivity contribution in [2.75, 3.05) is 14.1 Å². The third-order valence-electron chi connectivity index (χ3n) is 0.943. The van der Waals surface area contributed by atoms with E-state index in [1.165, 1.54) is 4.90 Å². The fraction of sp³-hybridized carbons (Fsp3) is 0.333. The minimum absolute atomic E-state index is 0. The second-order valence-corrected chi connectivity index (χ2v) is 2.54. The van der Waals surface area contributed by atoms with E-state index < -0.39 is 5.97 Å².